The summed E-state index contributed by atoms with van der Waals surface area (Å²) in [4.78, 5) is 22.1. The standard InChI is InChI=1S/C24H28Cl2N4O3/c1-24(15-33-13-4-2-3-6-21(31)32)9-5-11-30(24)20-14-19(29-12-10-27-16-29)17-7-8-18(25)22(26)23(17)28-20/h7-8,10,12,14,16H,2-6,9,11,13,15H2,1H3,(H,31,32). The normalized spacial score (nSPS) is 18.3. The number of halogens is 2. The summed E-state index contributed by atoms with van der Waals surface area (Å²) in [5, 5.41) is 10.6. The van der Waals surface area contributed by atoms with Crippen LogP contribution in [0, 0.1) is 0 Å². The van der Waals surface area contributed by atoms with E-state index < -0.39 is 5.97 Å². The molecule has 3 aromatic rings. The zero-order chi connectivity index (χ0) is 23.4. The molecule has 0 spiro atoms. The van der Waals surface area contributed by atoms with Gasteiger partial charge in [0.2, 0.25) is 0 Å². The molecule has 0 amide bonds. The van der Waals surface area contributed by atoms with Crippen molar-refractivity contribution in [1.29, 1.82) is 0 Å². The lowest BCUT2D eigenvalue weighted by Crippen LogP contribution is -2.45. The topological polar surface area (TPSA) is 80.5 Å². The Labute approximate surface area is 203 Å². The second-order valence-corrected chi connectivity index (χ2v) is 9.52. The summed E-state index contributed by atoms with van der Waals surface area (Å²) in [5.74, 6) is 0.0878. The predicted octanol–water partition coefficient (Wildman–Crippen LogP) is 5.75. The lowest BCUT2D eigenvalue weighted by molar-refractivity contribution is -0.137. The molecule has 4 rings (SSSR count). The molecule has 0 radical (unpaired) electrons. The molecule has 176 valence electrons. The third-order valence-electron chi connectivity index (χ3n) is 6.24. The number of fused-ring (bicyclic) bond motifs is 1. The van der Waals surface area contributed by atoms with Crippen LogP contribution in [0.2, 0.25) is 10.0 Å². The summed E-state index contributed by atoms with van der Waals surface area (Å²) in [5.41, 5.74) is 1.41. The van der Waals surface area contributed by atoms with Gasteiger partial charge in [0, 0.05) is 43.4 Å². The second kappa shape index (κ2) is 10.3. The number of carboxylic acids is 1. The lowest BCUT2D eigenvalue weighted by atomic mass is 10.00. The van der Waals surface area contributed by atoms with Gasteiger partial charge in [0.25, 0.3) is 0 Å². The minimum absolute atomic E-state index is 0.195. The molecule has 3 heterocycles. The van der Waals surface area contributed by atoms with Gasteiger partial charge in [-0.1, -0.05) is 29.6 Å². The van der Waals surface area contributed by atoms with Crippen LogP contribution < -0.4 is 4.90 Å². The number of hydrogen-bond donors (Lipinski definition) is 1. The van der Waals surface area contributed by atoms with E-state index in [-0.39, 0.29) is 12.0 Å². The summed E-state index contributed by atoms with van der Waals surface area (Å²) in [7, 11) is 0. The van der Waals surface area contributed by atoms with Crippen molar-refractivity contribution in [2.45, 2.75) is 51.0 Å². The van der Waals surface area contributed by atoms with Crippen molar-refractivity contribution >= 4 is 45.9 Å². The average Bonchev–Trinajstić information content (AvgIpc) is 3.45. The van der Waals surface area contributed by atoms with Crippen LogP contribution >= 0.6 is 23.2 Å². The van der Waals surface area contributed by atoms with E-state index in [1.807, 2.05) is 16.8 Å². The largest absolute Gasteiger partial charge is 0.481 e. The van der Waals surface area contributed by atoms with Crippen LogP contribution in [0.15, 0.2) is 36.9 Å². The highest BCUT2D eigenvalue weighted by Gasteiger charge is 2.38. The number of imidazole rings is 1. The maximum Gasteiger partial charge on any atom is 0.303 e. The van der Waals surface area contributed by atoms with E-state index in [1.165, 1.54) is 0 Å². The van der Waals surface area contributed by atoms with Crippen LogP contribution in [-0.4, -0.2) is 50.9 Å². The number of aliphatic carboxylic acids is 1. The Morgan fingerprint density at radius 2 is 2.12 bits per heavy atom. The summed E-state index contributed by atoms with van der Waals surface area (Å²) in [6.45, 7) is 4.27. The zero-order valence-corrected chi connectivity index (χ0v) is 20.1. The third-order valence-corrected chi connectivity index (χ3v) is 7.03. The zero-order valence-electron chi connectivity index (χ0n) is 18.6. The monoisotopic (exact) mass is 490 g/mol. The Morgan fingerprint density at radius 1 is 1.27 bits per heavy atom. The average molecular weight is 491 g/mol. The molecule has 0 bridgehead atoms. The van der Waals surface area contributed by atoms with Gasteiger partial charge in [0.05, 0.1) is 39.7 Å². The number of aromatic nitrogens is 3. The molecular weight excluding hydrogens is 463 g/mol. The minimum Gasteiger partial charge on any atom is -0.481 e. The summed E-state index contributed by atoms with van der Waals surface area (Å²) < 4.78 is 7.99. The molecule has 2 aromatic heterocycles. The highest BCUT2D eigenvalue weighted by atomic mass is 35.5. The van der Waals surface area contributed by atoms with Gasteiger partial charge in [-0.25, -0.2) is 9.97 Å². The van der Waals surface area contributed by atoms with Crippen molar-refractivity contribution < 1.29 is 14.6 Å². The smallest absolute Gasteiger partial charge is 0.303 e. The van der Waals surface area contributed by atoms with Crippen LogP contribution in [0.4, 0.5) is 5.82 Å². The van der Waals surface area contributed by atoms with Crippen molar-refractivity contribution in [2.24, 2.45) is 0 Å². The van der Waals surface area contributed by atoms with Gasteiger partial charge < -0.3 is 19.3 Å². The van der Waals surface area contributed by atoms with Gasteiger partial charge in [0.1, 0.15) is 5.82 Å². The van der Waals surface area contributed by atoms with Gasteiger partial charge in [-0.15, -0.1) is 0 Å². The number of unbranched alkanes of at least 4 members (excludes halogenated alkanes) is 2. The number of nitrogens with zero attached hydrogens (tertiary/aromatic N) is 4. The van der Waals surface area contributed by atoms with Gasteiger partial charge in [-0.3, -0.25) is 4.79 Å². The molecule has 9 heteroatoms. The van der Waals surface area contributed by atoms with E-state index in [0.29, 0.717) is 35.2 Å². The molecule has 1 saturated heterocycles. The number of pyridine rings is 1. The molecule has 1 atom stereocenters. The quantitative estimate of drug-likeness (QED) is 0.364. The van der Waals surface area contributed by atoms with E-state index in [2.05, 4.69) is 22.9 Å². The highest BCUT2D eigenvalue weighted by Crippen LogP contribution is 2.39. The van der Waals surface area contributed by atoms with Crippen LogP contribution in [0.25, 0.3) is 16.6 Å². The second-order valence-electron chi connectivity index (χ2n) is 8.74. The number of carbonyl (C=O) groups is 1. The maximum atomic E-state index is 10.6. The molecular formula is C24H28Cl2N4O3. The van der Waals surface area contributed by atoms with E-state index in [0.717, 1.165) is 49.1 Å². The summed E-state index contributed by atoms with van der Waals surface area (Å²) in [6.07, 6.45) is 10.1. The maximum absolute atomic E-state index is 10.6. The van der Waals surface area contributed by atoms with Crippen LogP contribution in [0.3, 0.4) is 0 Å². The Bertz CT molecular complexity index is 1120. The fourth-order valence-corrected chi connectivity index (χ4v) is 4.83. The molecule has 33 heavy (non-hydrogen) atoms. The predicted molar refractivity (Wildman–Crippen MR) is 131 cm³/mol. The molecule has 1 aliphatic rings. The lowest BCUT2D eigenvalue weighted by Gasteiger charge is -2.36. The molecule has 1 aliphatic heterocycles. The fraction of sp³-hybridized carbons (Fsp3) is 0.458. The number of hydrogen-bond acceptors (Lipinski definition) is 5. The first kappa shape index (κ1) is 23.8. The number of carboxylic acid groups (broad SMARTS) is 1. The van der Waals surface area contributed by atoms with Crippen molar-refractivity contribution in [3.05, 3.63) is 47.0 Å². The van der Waals surface area contributed by atoms with Crippen LogP contribution in [0.5, 0.6) is 0 Å². The highest BCUT2D eigenvalue weighted by molar-refractivity contribution is 6.45. The molecule has 0 saturated carbocycles. The van der Waals surface area contributed by atoms with Crippen LogP contribution in [-0.2, 0) is 9.53 Å². The molecule has 0 aliphatic carbocycles. The SMILES string of the molecule is CC1(COCCCCCC(=O)O)CCCN1c1cc(-n2ccnc2)c2ccc(Cl)c(Cl)c2n1. The number of rotatable bonds is 10. The van der Waals surface area contributed by atoms with Gasteiger partial charge in [-0.2, -0.15) is 0 Å². The Kier molecular flexibility index (Phi) is 7.41. The summed E-state index contributed by atoms with van der Waals surface area (Å²) >= 11 is 12.9. The minimum atomic E-state index is -0.746. The van der Waals surface area contributed by atoms with Crippen molar-refractivity contribution in [1.82, 2.24) is 14.5 Å². The molecule has 1 fully saturated rings. The van der Waals surface area contributed by atoms with Gasteiger partial charge in [-0.05, 0) is 44.7 Å². The molecule has 1 N–H and O–H groups in total. The number of ether oxygens (including phenoxy) is 1. The Hall–Kier alpha value is -2.35. The Morgan fingerprint density at radius 3 is 2.88 bits per heavy atom. The number of benzene rings is 1. The van der Waals surface area contributed by atoms with Crippen molar-refractivity contribution in [3.8, 4) is 5.69 Å². The third kappa shape index (κ3) is 5.26. The molecule has 1 unspecified atom stereocenters. The first-order valence-corrected chi connectivity index (χ1v) is 12.0. The van der Waals surface area contributed by atoms with Crippen molar-refractivity contribution in [3.63, 3.8) is 0 Å². The van der Waals surface area contributed by atoms with Gasteiger partial charge >= 0.3 is 5.97 Å². The molecule has 7 nitrogen and oxygen atoms in total. The molecule has 1 aromatic carbocycles. The fourth-order valence-electron chi connectivity index (χ4n) is 4.47. The van der Waals surface area contributed by atoms with Crippen LogP contribution in [0.1, 0.15) is 45.4 Å². The van der Waals surface area contributed by atoms with E-state index in [9.17, 15) is 4.79 Å². The van der Waals surface area contributed by atoms with Gasteiger partial charge in [0.15, 0.2) is 0 Å². The summed E-state index contributed by atoms with van der Waals surface area (Å²) in [6, 6.07) is 5.80. The first-order valence-electron chi connectivity index (χ1n) is 11.2. The number of anilines is 1. The first-order chi connectivity index (χ1) is 15.9. The van der Waals surface area contributed by atoms with E-state index >= 15 is 0 Å². The van der Waals surface area contributed by atoms with E-state index in [4.69, 9.17) is 38.0 Å². The van der Waals surface area contributed by atoms with Crippen molar-refractivity contribution in [2.75, 3.05) is 24.7 Å². The Balaban J connectivity index is 1.56. The van der Waals surface area contributed by atoms with E-state index in [1.54, 1.807) is 18.6 Å².